The maximum absolute atomic E-state index is 12.1. The molecule has 0 unspecified atom stereocenters. The predicted octanol–water partition coefficient (Wildman–Crippen LogP) is 1.79. The van der Waals surface area contributed by atoms with E-state index in [0.29, 0.717) is 25.3 Å². The minimum absolute atomic E-state index is 0.164. The summed E-state index contributed by atoms with van der Waals surface area (Å²) in [5.41, 5.74) is 0.0696. The molecule has 1 fully saturated rings. The molecule has 0 aromatic carbocycles. The minimum Gasteiger partial charge on any atom is -0.481 e. The van der Waals surface area contributed by atoms with Crippen LogP contribution in [-0.2, 0) is 11.3 Å². The lowest BCUT2D eigenvalue weighted by Crippen LogP contribution is -2.37. The highest BCUT2D eigenvalue weighted by atomic mass is 16.5. The number of nitrogens with zero attached hydrogens (tertiary/aromatic N) is 2. The Kier molecular flexibility index (Phi) is 4.00. The van der Waals surface area contributed by atoms with Gasteiger partial charge in [0.1, 0.15) is 5.41 Å². The summed E-state index contributed by atoms with van der Waals surface area (Å²) < 4.78 is 4.97. The van der Waals surface area contributed by atoms with Crippen LogP contribution in [0, 0.1) is 16.7 Å². The van der Waals surface area contributed by atoms with Crippen molar-refractivity contribution in [3.05, 3.63) is 23.9 Å². The smallest absolute Gasteiger partial charge is 0.240 e. The van der Waals surface area contributed by atoms with Gasteiger partial charge in [0.2, 0.25) is 11.8 Å². The molecule has 5 heteroatoms. The standard InChI is InChI=1S/C14H17N3O2/c1-19-12-5-4-11(8-16-12)9-17-13(18)14(10-15)6-2-3-7-14/h4-5,8H,2-3,6-7,9H2,1H3,(H,17,18). The number of carbonyl (C=O) groups excluding carboxylic acids is 1. The van der Waals surface area contributed by atoms with Crippen molar-refractivity contribution in [3.63, 3.8) is 0 Å². The molecule has 2 rings (SSSR count). The van der Waals surface area contributed by atoms with Crippen LogP contribution >= 0.6 is 0 Å². The Morgan fingerprint density at radius 1 is 1.53 bits per heavy atom. The summed E-state index contributed by atoms with van der Waals surface area (Å²) in [4.78, 5) is 16.2. The quantitative estimate of drug-likeness (QED) is 0.894. The maximum Gasteiger partial charge on any atom is 0.240 e. The van der Waals surface area contributed by atoms with Crippen molar-refractivity contribution in [1.82, 2.24) is 10.3 Å². The van der Waals surface area contributed by atoms with Gasteiger partial charge >= 0.3 is 0 Å². The van der Waals surface area contributed by atoms with Gasteiger partial charge in [-0.2, -0.15) is 5.26 Å². The molecule has 1 amide bonds. The van der Waals surface area contributed by atoms with Crippen LogP contribution < -0.4 is 10.1 Å². The van der Waals surface area contributed by atoms with Crippen LogP contribution in [0.3, 0.4) is 0 Å². The molecule has 1 aliphatic rings. The van der Waals surface area contributed by atoms with E-state index in [9.17, 15) is 10.1 Å². The topological polar surface area (TPSA) is 75.0 Å². The first-order valence-corrected chi connectivity index (χ1v) is 6.39. The number of ether oxygens (including phenoxy) is 1. The molecule has 5 nitrogen and oxygen atoms in total. The average molecular weight is 259 g/mol. The second kappa shape index (κ2) is 5.70. The first kappa shape index (κ1) is 13.3. The molecule has 0 atom stereocenters. The lowest BCUT2D eigenvalue weighted by Gasteiger charge is -2.19. The van der Waals surface area contributed by atoms with E-state index in [2.05, 4.69) is 16.4 Å². The van der Waals surface area contributed by atoms with Gasteiger partial charge in [-0.25, -0.2) is 4.98 Å². The molecule has 1 aromatic heterocycles. The molecular formula is C14H17N3O2. The van der Waals surface area contributed by atoms with E-state index in [1.54, 1.807) is 19.4 Å². The summed E-state index contributed by atoms with van der Waals surface area (Å²) in [6, 6.07) is 5.78. The third-order valence-electron chi connectivity index (χ3n) is 3.57. The molecule has 1 aliphatic carbocycles. The Morgan fingerprint density at radius 3 is 2.79 bits per heavy atom. The van der Waals surface area contributed by atoms with Gasteiger partial charge in [-0.3, -0.25) is 4.79 Å². The van der Waals surface area contributed by atoms with Crippen LogP contribution in [0.25, 0.3) is 0 Å². The van der Waals surface area contributed by atoms with Crippen molar-refractivity contribution in [2.45, 2.75) is 32.2 Å². The number of methoxy groups -OCH3 is 1. The van der Waals surface area contributed by atoms with Gasteiger partial charge in [-0.1, -0.05) is 18.9 Å². The molecular weight excluding hydrogens is 242 g/mol. The number of hydrogen-bond donors (Lipinski definition) is 1. The van der Waals surface area contributed by atoms with Crippen molar-refractivity contribution >= 4 is 5.91 Å². The Balaban J connectivity index is 1.94. The van der Waals surface area contributed by atoms with Crippen LogP contribution in [0.2, 0.25) is 0 Å². The number of nitrogens with one attached hydrogen (secondary N) is 1. The van der Waals surface area contributed by atoms with Crippen molar-refractivity contribution in [2.24, 2.45) is 5.41 Å². The Labute approximate surface area is 112 Å². The van der Waals surface area contributed by atoms with Gasteiger partial charge in [0, 0.05) is 18.8 Å². The van der Waals surface area contributed by atoms with E-state index >= 15 is 0 Å². The van der Waals surface area contributed by atoms with E-state index in [1.807, 2.05) is 6.07 Å². The van der Waals surface area contributed by atoms with E-state index in [-0.39, 0.29) is 5.91 Å². The summed E-state index contributed by atoms with van der Waals surface area (Å²) in [6.07, 6.45) is 4.88. The van der Waals surface area contributed by atoms with Crippen molar-refractivity contribution in [2.75, 3.05) is 7.11 Å². The molecule has 0 aliphatic heterocycles. The van der Waals surface area contributed by atoms with E-state index in [1.165, 1.54) is 0 Å². The number of rotatable bonds is 4. The largest absolute Gasteiger partial charge is 0.481 e. The minimum atomic E-state index is -0.820. The summed E-state index contributed by atoms with van der Waals surface area (Å²) in [7, 11) is 1.56. The Bertz CT molecular complexity index is 484. The molecule has 0 bridgehead atoms. The van der Waals surface area contributed by atoms with E-state index in [0.717, 1.165) is 18.4 Å². The summed E-state index contributed by atoms with van der Waals surface area (Å²) in [5.74, 6) is 0.377. The summed E-state index contributed by atoms with van der Waals surface area (Å²) in [6.45, 7) is 0.388. The zero-order chi connectivity index (χ0) is 13.7. The van der Waals surface area contributed by atoms with Crippen LogP contribution in [-0.4, -0.2) is 18.0 Å². The first-order valence-electron chi connectivity index (χ1n) is 6.39. The van der Waals surface area contributed by atoms with Crippen LogP contribution in [0.15, 0.2) is 18.3 Å². The molecule has 1 aromatic rings. The molecule has 0 radical (unpaired) electrons. The van der Waals surface area contributed by atoms with Gasteiger partial charge < -0.3 is 10.1 Å². The van der Waals surface area contributed by atoms with Crippen LogP contribution in [0.5, 0.6) is 5.88 Å². The summed E-state index contributed by atoms with van der Waals surface area (Å²) >= 11 is 0. The molecule has 0 spiro atoms. The normalized spacial score (nSPS) is 16.6. The van der Waals surface area contributed by atoms with Crippen molar-refractivity contribution in [3.8, 4) is 11.9 Å². The Morgan fingerprint density at radius 2 is 2.26 bits per heavy atom. The fourth-order valence-corrected chi connectivity index (χ4v) is 2.36. The molecule has 1 N–H and O–H groups in total. The number of carbonyl (C=O) groups is 1. The third-order valence-corrected chi connectivity index (χ3v) is 3.57. The number of hydrogen-bond acceptors (Lipinski definition) is 4. The fourth-order valence-electron chi connectivity index (χ4n) is 2.36. The highest BCUT2D eigenvalue weighted by molar-refractivity contribution is 5.85. The van der Waals surface area contributed by atoms with E-state index < -0.39 is 5.41 Å². The van der Waals surface area contributed by atoms with Crippen molar-refractivity contribution in [1.29, 1.82) is 5.26 Å². The van der Waals surface area contributed by atoms with Gasteiger partial charge in [0.25, 0.3) is 0 Å². The Hall–Kier alpha value is -2.09. The van der Waals surface area contributed by atoms with Gasteiger partial charge in [0.05, 0.1) is 13.2 Å². The molecule has 1 saturated carbocycles. The maximum atomic E-state index is 12.1. The van der Waals surface area contributed by atoms with Crippen LogP contribution in [0.4, 0.5) is 0 Å². The number of amides is 1. The summed E-state index contributed by atoms with van der Waals surface area (Å²) in [5, 5.41) is 12.0. The SMILES string of the molecule is COc1ccc(CNC(=O)C2(C#N)CCCC2)cn1. The number of aromatic nitrogens is 1. The molecule has 0 saturated heterocycles. The molecule has 19 heavy (non-hydrogen) atoms. The fraction of sp³-hybridized carbons (Fsp3) is 0.500. The second-order valence-electron chi connectivity index (χ2n) is 4.79. The highest BCUT2D eigenvalue weighted by Gasteiger charge is 2.41. The molecule has 100 valence electrons. The monoisotopic (exact) mass is 259 g/mol. The zero-order valence-corrected chi connectivity index (χ0v) is 11.0. The second-order valence-corrected chi connectivity index (χ2v) is 4.79. The van der Waals surface area contributed by atoms with Gasteiger partial charge in [0.15, 0.2) is 0 Å². The van der Waals surface area contributed by atoms with Crippen LogP contribution in [0.1, 0.15) is 31.2 Å². The molecule has 1 heterocycles. The lowest BCUT2D eigenvalue weighted by atomic mass is 9.87. The zero-order valence-electron chi connectivity index (χ0n) is 11.0. The van der Waals surface area contributed by atoms with Crippen molar-refractivity contribution < 1.29 is 9.53 Å². The van der Waals surface area contributed by atoms with E-state index in [4.69, 9.17) is 4.74 Å². The lowest BCUT2D eigenvalue weighted by molar-refractivity contribution is -0.128. The third kappa shape index (κ3) is 2.84. The average Bonchev–Trinajstić information content (AvgIpc) is 2.95. The van der Waals surface area contributed by atoms with Gasteiger partial charge in [-0.15, -0.1) is 0 Å². The number of nitriles is 1. The number of pyridine rings is 1. The van der Waals surface area contributed by atoms with Gasteiger partial charge in [-0.05, 0) is 18.4 Å². The first-order chi connectivity index (χ1) is 9.20. The predicted molar refractivity (Wildman–Crippen MR) is 69.1 cm³/mol. The highest BCUT2D eigenvalue weighted by Crippen LogP contribution is 2.37.